The molecule has 3 aromatic rings. The maximum Gasteiger partial charge on any atom is 0.332 e. The van der Waals surface area contributed by atoms with Crippen LogP contribution in [0.2, 0.25) is 0 Å². The minimum absolute atomic E-state index is 0.0360. The van der Waals surface area contributed by atoms with Crippen LogP contribution in [0, 0.1) is 0 Å². The van der Waals surface area contributed by atoms with Crippen molar-refractivity contribution in [1.29, 1.82) is 0 Å². The molecule has 1 saturated heterocycles. The molecule has 0 saturated carbocycles. The summed E-state index contributed by atoms with van der Waals surface area (Å²) in [6, 6.07) is 9.34. The van der Waals surface area contributed by atoms with E-state index in [9.17, 15) is 23.2 Å². The lowest BCUT2D eigenvalue weighted by molar-refractivity contribution is -0.119. The molecule has 0 spiro atoms. The molecule has 11 heteroatoms. The van der Waals surface area contributed by atoms with E-state index in [1.165, 1.54) is 19.2 Å². The highest BCUT2D eigenvalue weighted by atomic mass is 19.3. The van der Waals surface area contributed by atoms with E-state index in [-0.39, 0.29) is 23.7 Å². The average molecular weight is 518 g/mol. The molecule has 0 atom stereocenters. The van der Waals surface area contributed by atoms with Gasteiger partial charge in [-0.3, -0.25) is 18.7 Å². The summed E-state index contributed by atoms with van der Waals surface area (Å²) >= 11 is 0. The first-order valence-corrected chi connectivity index (χ1v) is 12.0. The first-order chi connectivity index (χ1) is 17.9. The number of alkyl halides is 2. The van der Waals surface area contributed by atoms with Crippen LogP contribution in [0.15, 0.2) is 46.0 Å². The van der Waals surface area contributed by atoms with Gasteiger partial charge >= 0.3 is 5.69 Å². The van der Waals surface area contributed by atoms with E-state index in [0.717, 1.165) is 11.0 Å². The number of rotatable bonds is 10. The number of benzene rings is 2. The van der Waals surface area contributed by atoms with Crippen LogP contribution in [0.3, 0.4) is 0 Å². The number of fused-ring (bicyclic) bond motifs is 1. The molecular formula is C26H29F2N3O6. The molecule has 0 aliphatic carbocycles. The molecule has 2 heterocycles. The molecule has 1 fully saturated rings. The number of hydrogen-bond acceptors (Lipinski definition) is 6. The molecular weight excluding hydrogens is 488 g/mol. The van der Waals surface area contributed by atoms with E-state index in [0.29, 0.717) is 55.1 Å². The normalized spacial score (nSPS) is 14.2. The van der Waals surface area contributed by atoms with Crippen molar-refractivity contribution in [3.63, 3.8) is 0 Å². The number of carbonyl (C=O) groups is 1. The van der Waals surface area contributed by atoms with E-state index in [2.05, 4.69) is 0 Å². The third kappa shape index (κ3) is 5.60. The van der Waals surface area contributed by atoms with Gasteiger partial charge in [-0.2, -0.15) is 0 Å². The number of halogens is 2. The van der Waals surface area contributed by atoms with Crippen molar-refractivity contribution in [3.05, 3.63) is 62.8 Å². The smallest absolute Gasteiger partial charge is 0.332 e. The average Bonchev–Trinajstić information content (AvgIpc) is 2.91. The molecule has 198 valence electrons. The van der Waals surface area contributed by atoms with Crippen molar-refractivity contribution >= 4 is 17.3 Å². The molecule has 1 aliphatic rings. The third-order valence-corrected chi connectivity index (χ3v) is 6.40. The molecule has 0 unspecified atom stereocenters. The summed E-state index contributed by atoms with van der Waals surface area (Å²) < 4.78 is 44.2. The zero-order valence-electron chi connectivity index (χ0n) is 20.7. The number of likely N-dealkylation sites (tertiary alicyclic amines) is 1. The van der Waals surface area contributed by atoms with Crippen LogP contribution in [0.25, 0.3) is 10.9 Å². The topological polar surface area (TPSA) is 92.0 Å². The van der Waals surface area contributed by atoms with E-state index < -0.39 is 24.3 Å². The van der Waals surface area contributed by atoms with Crippen LogP contribution >= 0.6 is 0 Å². The molecule has 0 N–H and O–H groups in total. The number of hydrogen-bond donors (Lipinski definition) is 0. The zero-order chi connectivity index (χ0) is 26.5. The second-order valence-electron chi connectivity index (χ2n) is 8.72. The molecule has 1 aromatic heterocycles. The molecule has 37 heavy (non-hydrogen) atoms. The SMILES string of the molecule is CCOc1ccc(Cn2c(=O)c3cc(OCC(F)F)ccc3n(C3CCN(C=O)CC3)c2=O)cc1OC. The van der Waals surface area contributed by atoms with Crippen LogP contribution in [-0.2, 0) is 11.3 Å². The minimum atomic E-state index is -2.67. The van der Waals surface area contributed by atoms with Crippen molar-refractivity contribution < 1.29 is 27.8 Å². The van der Waals surface area contributed by atoms with E-state index >= 15 is 0 Å². The summed E-state index contributed by atoms with van der Waals surface area (Å²) in [5.41, 5.74) is -0.0103. The number of methoxy groups -OCH3 is 1. The van der Waals surface area contributed by atoms with Crippen molar-refractivity contribution in [1.82, 2.24) is 14.0 Å². The van der Waals surface area contributed by atoms with Gasteiger partial charge in [0.2, 0.25) is 6.41 Å². The number of aromatic nitrogens is 2. The first-order valence-electron chi connectivity index (χ1n) is 12.0. The highest BCUT2D eigenvalue weighted by Crippen LogP contribution is 2.29. The minimum Gasteiger partial charge on any atom is -0.493 e. The van der Waals surface area contributed by atoms with Gasteiger partial charge in [-0.15, -0.1) is 0 Å². The Morgan fingerprint density at radius 3 is 2.46 bits per heavy atom. The number of amides is 1. The van der Waals surface area contributed by atoms with E-state index in [1.807, 2.05) is 6.92 Å². The van der Waals surface area contributed by atoms with Gasteiger partial charge in [-0.25, -0.2) is 13.6 Å². The number of carbonyl (C=O) groups excluding carboxylic acids is 1. The number of piperidine rings is 1. The van der Waals surface area contributed by atoms with Crippen molar-refractivity contribution in [3.8, 4) is 17.2 Å². The Bertz CT molecular complexity index is 1380. The van der Waals surface area contributed by atoms with Crippen LogP contribution in [0.1, 0.15) is 31.4 Å². The van der Waals surface area contributed by atoms with Crippen molar-refractivity contribution in [2.45, 2.75) is 38.8 Å². The lowest BCUT2D eigenvalue weighted by atomic mass is 10.0. The summed E-state index contributed by atoms with van der Waals surface area (Å²) in [6.07, 6.45) is -0.818. The van der Waals surface area contributed by atoms with Gasteiger partial charge in [0, 0.05) is 19.1 Å². The van der Waals surface area contributed by atoms with Gasteiger partial charge in [0.15, 0.2) is 11.5 Å². The second kappa shape index (κ2) is 11.4. The Morgan fingerprint density at radius 2 is 1.81 bits per heavy atom. The van der Waals surface area contributed by atoms with Gasteiger partial charge in [-0.05, 0) is 55.7 Å². The maximum absolute atomic E-state index is 13.7. The summed E-state index contributed by atoms with van der Waals surface area (Å²) in [4.78, 5) is 40.1. The lowest BCUT2D eigenvalue weighted by Gasteiger charge is -2.31. The molecule has 0 radical (unpaired) electrons. The predicted octanol–water partition coefficient (Wildman–Crippen LogP) is 3.06. The fourth-order valence-corrected chi connectivity index (χ4v) is 4.62. The Kier molecular flexibility index (Phi) is 8.10. The summed E-state index contributed by atoms with van der Waals surface area (Å²) in [5.74, 6) is 1.12. The van der Waals surface area contributed by atoms with Gasteiger partial charge < -0.3 is 19.1 Å². The number of ether oxygens (including phenoxy) is 3. The molecule has 9 nitrogen and oxygen atoms in total. The Morgan fingerprint density at radius 1 is 1.05 bits per heavy atom. The molecule has 1 amide bonds. The van der Waals surface area contributed by atoms with Gasteiger partial charge in [0.05, 0.1) is 31.2 Å². The monoisotopic (exact) mass is 517 g/mol. The zero-order valence-corrected chi connectivity index (χ0v) is 20.7. The van der Waals surface area contributed by atoms with Gasteiger partial charge in [0.25, 0.3) is 12.0 Å². The third-order valence-electron chi connectivity index (χ3n) is 6.40. The van der Waals surface area contributed by atoms with Crippen LogP contribution in [-0.4, -0.2) is 60.3 Å². The fourth-order valence-electron chi connectivity index (χ4n) is 4.62. The van der Waals surface area contributed by atoms with E-state index in [4.69, 9.17) is 14.2 Å². The fraction of sp³-hybridized carbons (Fsp3) is 0.423. The van der Waals surface area contributed by atoms with Gasteiger partial charge in [-0.1, -0.05) is 6.07 Å². The van der Waals surface area contributed by atoms with Crippen molar-refractivity contribution in [2.24, 2.45) is 0 Å². The molecule has 4 rings (SSSR count). The highest BCUT2D eigenvalue weighted by Gasteiger charge is 2.25. The first kappa shape index (κ1) is 26.2. The lowest BCUT2D eigenvalue weighted by Crippen LogP contribution is -2.44. The van der Waals surface area contributed by atoms with E-state index in [1.54, 1.807) is 33.7 Å². The van der Waals surface area contributed by atoms with Crippen LogP contribution < -0.4 is 25.5 Å². The molecule has 2 aromatic carbocycles. The Labute approximate surface area is 211 Å². The maximum atomic E-state index is 13.7. The van der Waals surface area contributed by atoms with Crippen LogP contribution in [0.5, 0.6) is 17.2 Å². The predicted molar refractivity (Wildman–Crippen MR) is 133 cm³/mol. The van der Waals surface area contributed by atoms with Crippen molar-refractivity contribution in [2.75, 3.05) is 33.4 Å². The summed E-state index contributed by atoms with van der Waals surface area (Å²) in [7, 11) is 1.50. The summed E-state index contributed by atoms with van der Waals surface area (Å²) in [5, 5.41) is 0.182. The molecule has 0 bridgehead atoms. The Balaban J connectivity index is 1.83. The number of nitrogens with zero attached hydrogens (tertiary/aromatic N) is 3. The largest absolute Gasteiger partial charge is 0.493 e. The standard InChI is InChI=1S/C26H29F2N3O6/c1-3-36-22-7-4-17(12-23(22)35-2)14-30-25(33)20-13-19(37-15-24(27)28)5-6-21(20)31(26(30)34)18-8-10-29(16-32)11-9-18/h4-7,12-13,16,18,24H,3,8-11,14-15H2,1-2H3. The summed E-state index contributed by atoms with van der Waals surface area (Å²) in [6.45, 7) is 2.41. The molecule has 1 aliphatic heterocycles. The highest BCUT2D eigenvalue weighted by molar-refractivity contribution is 5.80. The quantitative estimate of drug-likeness (QED) is 0.384. The van der Waals surface area contributed by atoms with Crippen LogP contribution in [0.4, 0.5) is 8.78 Å². The second-order valence-corrected chi connectivity index (χ2v) is 8.72. The van der Waals surface area contributed by atoms with Gasteiger partial charge in [0.1, 0.15) is 12.4 Å². The Hall–Kier alpha value is -3.89.